The van der Waals surface area contributed by atoms with E-state index in [-0.39, 0.29) is 6.61 Å². The molecule has 0 amide bonds. The van der Waals surface area contributed by atoms with Crippen LogP contribution in [0.15, 0.2) is 12.4 Å². The highest BCUT2D eigenvalue weighted by Gasteiger charge is 2.14. The Balaban J connectivity index is 2.35. The second-order valence-electron chi connectivity index (χ2n) is 3.79. The van der Waals surface area contributed by atoms with Gasteiger partial charge in [-0.15, -0.1) is 0 Å². The molecule has 2 heterocycles. The number of imidazole rings is 1. The maximum absolute atomic E-state index is 9.15. The van der Waals surface area contributed by atoms with Crippen LogP contribution in [0.3, 0.4) is 0 Å². The monoisotopic (exact) mass is 254 g/mol. The summed E-state index contributed by atoms with van der Waals surface area (Å²) >= 11 is 6.23. The van der Waals surface area contributed by atoms with Crippen LogP contribution >= 0.6 is 11.6 Å². The van der Waals surface area contributed by atoms with Crippen LogP contribution in [0.5, 0.6) is 0 Å². The van der Waals surface area contributed by atoms with Gasteiger partial charge in [0.25, 0.3) is 0 Å². The minimum Gasteiger partial charge on any atom is -0.388 e. The Morgan fingerprint density at radius 2 is 2.24 bits per heavy atom. The van der Waals surface area contributed by atoms with E-state index in [1.165, 1.54) is 0 Å². The molecular weight excluding hydrogens is 240 g/mol. The highest BCUT2D eigenvalue weighted by Crippen LogP contribution is 2.21. The number of aliphatic hydroxyl groups is 1. The quantitative estimate of drug-likeness (QED) is 0.902. The molecule has 17 heavy (non-hydrogen) atoms. The van der Waals surface area contributed by atoms with Crippen molar-refractivity contribution in [2.75, 3.05) is 0 Å². The van der Waals surface area contributed by atoms with Crippen LogP contribution in [-0.2, 0) is 19.7 Å². The average molecular weight is 255 g/mol. The van der Waals surface area contributed by atoms with E-state index in [2.05, 4.69) is 10.1 Å². The Morgan fingerprint density at radius 1 is 1.47 bits per heavy atom. The number of rotatable bonds is 4. The molecular formula is C11H15ClN4O. The molecule has 0 saturated carbocycles. The molecule has 0 aliphatic heterocycles. The second kappa shape index (κ2) is 4.89. The summed E-state index contributed by atoms with van der Waals surface area (Å²) in [7, 11) is 0. The first-order valence-corrected chi connectivity index (χ1v) is 5.87. The molecule has 0 radical (unpaired) electrons. The minimum absolute atomic E-state index is 0.0795. The standard InChI is InChI=1S/C11H15ClN4O/c1-3-16-9(11(12)8(2)14-16)6-15-5-4-13-10(15)7-17/h4-5,17H,3,6-7H2,1-2H3. The predicted octanol–water partition coefficient (Wildman–Crippen LogP) is 1.60. The maximum atomic E-state index is 9.15. The van der Waals surface area contributed by atoms with Crippen molar-refractivity contribution in [3.63, 3.8) is 0 Å². The van der Waals surface area contributed by atoms with E-state index in [0.29, 0.717) is 17.4 Å². The Hall–Kier alpha value is -1.33. The van der Waals surface area contributed by atoms with Gasteiger partial charge in [-0.3, -0.25) is 4.68 Å². The fourth-order valence-electron chi connectivity index (χ4n) is 1.82. The molecule has 0 unspecified atom stereocenters. The van der Waals surface area contributed by atoms with Gasteiger partial charge in [0.05, 0.1) is 23.0 Å². The SMILES string of the molecule is CCn1nc(C)c(Cl)c1Cn1ccnc1CO. The van der Waals surface area contributed by atoms with Crippen molar-refractivity contribution in [3.8, 4) is 0 Å². The van der Waals surface area contributed by atoms with Crippen molar-refractivity contribution in [1.82, 2.24) is 19.3 Å². The van der Waals surface area contributed by atoms with Crippen LogP contribution in [0.4, 0.5) is 0 Å². The molecule has 2 rings (SSSR count). The second-order valence-corrected chi connectivity index (χ2v) is 4.17. The van der Waals surface area contributed by atoms with Crippen molar-refractivity contribution in [3.05, 3.63) is 34.6 Å². The largest absolute Gasteiger partial charge is 0.388 e. The lowest BCUT2D eigenvalue weighted by molar-refractivity contribution is 0.266. The average Bonchev–Trinajstić information content (AvgIpc) is 2.88. The third-order valence-electron chi connectivity index (χ3n) is 2.72. The zero-order valence-corrected chi connectivity index (χ0v) is 10.6. The fraction of sp³-hybridized carbons (Fsp3) is 0.455. The lowest BCUT2D eigenvalue weighted by atomic mass is 10.3. The van der Waals surface area contributed by atoms with Crippen molar-refractivity contribution in [2.24, 2.45) is 0 Å². The zero-order chi connectivity index (χ0) is 12.4. The summed E-state index contributed by atoms with van der Waals surface area (Å²) < 4.78 is 3.74. The Bertz CT molecular complexity index is 518. The van der Waals surface area contributed by atoms with E-state index in [9.17, 15) is 0 Å². The third kappa shape index (κ3) is 2.21. The van der Waals surface area contributed by atoms with Crippen LogP contribution in [0.25, 0.3) is 0 Å². The number of aromatic nitrogens is 4. The normalized spacial score (nSPS) is 11.1. The lowest BCUT2D eigenvalue weighted by Crippen LogP contribution is -2.10. The number of halogens is 1. The van der Waals surface area contributed by atoms with Crippen molar-refractivity contribution < 1.29 is 5.11 Å². The first kappa shape index (κ1) is 12.1. The van der Waals surface area contributed by atoms with Gasteiger partial charge in [0.2, 0.25) is 0 Å². The van der Waals surface area contributed by atoms with Gasteiger partial charge in [0, 0.05) is 18.9 Å². The smallest absolute Gasteiger partial charge is 0.134 e. The molecule has 1 N–H and O–H groups in total. The van der Waals surface area contributed by atoms with E-state index in [4.69, 9.17) is 16.7 Å². The minimum atomic E-state index is -0.0795. The molecule has 2 aromatic heterocycles. The molecule has 2 aromatic rings. The van der Waals surface area contributed by atoms with Gasteiger partial charge >= 0.3 is 0 Å². The highest BCUT2D eigenvalue weighted by atomic mass is 35.5. The summed E-state index contributed by atoms with van der Waals surface area (Å²) in [6.45, 7) is 5.17. The summed E-state index contributed by atoms with van der Waals surface area (Å²) in [5.74, 6) is 0.627. The van der Waals surface area contributed by atoms with Gasteiger partial charge < -0.3 is 9.67 Å². The van der Waals surface area contributed by atoms with Crippen LogP contribution in [-0.4, -0.2) is 24.4 Å². The first-order chi connectivity index (χ1) is 8.17. The fourth-order valence-corrected chi connectivity index (χ4v) is 2.01. The van der Waals surface area contributed by atoms with Gasteiger partial charge in [0.1, 0.15) is 12.4 Å². The molecule has 0 aliphatic rings. The van der Waals surface area contributed by atoms with E-state index < -0.39 is 0 Å². The summed E-state index contributed by atoms with van der Waals surface area (Å²) in [5, 5.41) is 14.2. The van der Waals surface area contributed by atoms with Crippen molar-refractivity contribution in [1.29, 1.82) is 0 Å². The molecule has 0 aromatic carbocycles. The van der Waals surface area contributed by atoms with Gasteiger partial charge in [-0.05, 0) is 13.8 Å². The molecule has 5 nitrogen and oxygen atoms in total. The van der Waals surface area contributed by atoms with Gasteiger partial charge in [-0.25, -0.2) is 4.98 Å². The van der Waals surface area contributed by atoms with Crippen LogP contribution in [0.1, 0.15) is 24.1 Å². The molecule has 0 bridgehead atoms. The van der Waals surface area contributed by atoms with Crippen molar-refractivity contribution >= 4 is 11.6 Å². The van der Waals surface area contributed by atoms with E-state index in [0.717, 1.165) is 17.9 Å². The summed E-state index contributed by atoms with van der Waals surface area (Å²) in [5.41, 5.74) is 1.77. The topological polar surface area (TPSA) is 55.9 Å². The first-order valence-electron chi connectivity index (χ1n) is 5.50. The lowest BCUT2D eigenvalue weighted by Gasteiger charge is -2.08. The van der Waals surface area contributed by atoms with E-state index in [1.807, 2.05) is 29.3 Å². The summed E-state index contributed by atoms with van der Waals surface area (Å²) in [4.78, 5) is 4.06. The predicted molar refractivity (Wildman–Crippen MR) is 64.9 cm³/mol. The number of hydrogen-bond donors (Lipinski definition) is 1. The number of aliphatic hydroxyl groups excluding tert-OH is 1. The summed E-state index contributed by atoms with van der Waals surface area (Å²) in [6.07, 6.45) is 3.49. The van der Waals surface area contributed by atoms with E-state index >= 15 is 0 Å². The number of aryl methyl sites for hydroxylation is 2. The van der Waals surface area contributed by atoms with Crippen LogP contribution in [0, 0.1) is 6.92 Å². The van der Waals surface area contributed by atoms with E-state index in [1.54, 1.807) is 6.20 Å². The number of nitrogens with zero attached hydrogens (tertiary/aromatic N) is 4. The van der Waals surface area contributed by atoms with Crippen molar-refractivity contribution in [2.45, 2.75) is 33.5 Å². The molecule has 0 spiro atoms. The van der Waals surface area contributed by atoms with Gasteiger partial charge in [-0.1, -0.05) is 11.6 Å². The Kier molecular flexibility index (Phi) is 3.49. The highest BCUT2D eigenvalue weighted by molar-refractivity contribution is 6.31. The molecule has 0 fully saturated rings. The maximum Gasteiger partial charge on any atom is 0.134 e. The molecule has 0 aliphatic carbocycles. The molecule has 92 valence electrons. The number of hydrogen-bond acceptors (Lipinski definition) is 3. The van der Waals surface area contributed by atoms with Crippen LogP contribution in [0.2, 0.25) is 5.02 Å². The third-order valence-corrected chi connectivity index (χ3v) is 3.21. The van der Waals surface area contributed by atoms with Crippen LogP contribution < -0.4 is 0 Å². The Morgan fingerprint density at radius 3 is 2.88 bits per heavy atom. The van der Waals surface area contributed by atoms with Gasteiger partial charge in [-0.2, -0.15) is 5.10 Å². The Labute approximate surface area is 105 Å². The molecule has 0 atom stereocenters. The zero-order valence-electron chi connectivity index (χ0n) is 9.89. The van der Waals surface area contributed by atoms with Gasteiger partial charge in [0.15, 0.2) is 0 Å². The molecule has 0 saturated heterocycles. The molecule has 6 heteroatoms. The summed E-state index contributed by atoms with van der Waals surface area (Å²) in [6, 6.07) is 0.